The number of hydrogen-bond acceptors (Lipinski definition) is 5. The third-order valence-corrected chi connectivity index (χ3v) is 7.91. The molecule has 0 aliphatic carbocycles. The second-order valence-electron chi connectivity index (χ2n) is 9.24. The fraction of sp³-hybridized carbons (Fsp3) is 0.944. The molecule has 0 aliphatic heterocycles. The first-order valence-corrected chi connectivity index (χ1v) is 12.9. The van der Waals surface area contributed by atoms with Crippen LogP contribution >= 0.6 is 0 Å². The lowest BCUT2D eigenvalue weighted by molar-refractivity contribution is -0.440. The van der Waals surface area contributed by atoms with Gasteiger partial charge in [0, 0.05) is 6.42 Å². The molecule has 50 heavy (non-hydrogen) atoms. The maximum absolute atomic E-state index is 14.4. The largest absolute Gasteiger partial charge is 0.465 e. The first-order valence-electron chi connectivity index (χ1n) is 11.3. The van der Waals surface area contributed by atoms with E-state index in [-0.39, 0.29) is 5.32 Å². The van der Waals surface area contributed by atoms with E-state index in [0.717, 1.165) is 6.92 Å². The molecule has 0 saturated heterocycles. The first kappa shape index (κ1) is 47.6. The van der Waals surface area contributed by atoms with Gasteiger partial charge in [-0.1, -0.05) is 0 Å². The van der Waals surface area contributed by atoms with Crippen molar-refractivity contribution in [1.82, 2.24) is 5.32 Å². The molecule has 0 aliphatic rings. The molecular formula is C18H11F26NO4S. The summed E-state index contributed by atoms with van der Waals surface area (Å²) in [5.41, 5.74) is 0. The van der Waals surface area contributed by atoms with E-state index in [1.54, 1.807) is 0 Å². The molecule has 1 unspecified atom stereocenters. The summed E-state index contributed by atoms with van der Waals surface area (Å²) in [5, 5.41) is -13.9. The second-order valence-corrected chi connectivity index (χ2v) is 11.4. The Balaban J connectivity index is 7.59. The molecule has 0 spiro atoms. The number of carbonyl (C=O) groups excluding carboxylic acids is 1. The Kier molecular flexibility index (Phi) is 12.3. The highest BCUT2D eigenvalue weighted by Crippen LogP contribution is 2.63. The van der Waals surface area contributed by atoms with Gasteiger partial charge in [-0.25, -0.2) is 8.42 Å². The molecule has 0 aromatic rings. The average Bonchev–Trinajstić information content (AvgIpc) is 2.88. The predicted octanol–water partition coefficient (Wildman–Crippen LogP) is 7.71. The van der Waals surface area contributed by atoms with E-state index in [1.807, 2.05) is 0 Å². The van der Waals surface area contributed by atoms with Crippen molar-refractivity contribution in [3.63, 3.8) is 0 Å². The quantitative estimate of drug-likeness (QED) is 0.128. The summed E-state index contributed by atoms with van der Waals surface area (Å²) in [7, 11) is -8.93. The molecule has 0 aromatic carbocycles. The highest BCUT2D eigenvalue weighted by atomic mass is 32.2. The summed E-state index contributed by atoms with van der Waals surface area (Å²) in [6, 6.07) is 0. The lowest BCUT2D eigenvalue weighted by Gasteiger charge is -2.41. The number of halogens is 26. The number of ether oxygens (including phenoxy) is 1. The van der Waals surface area contributed by atoms with E-state index in [0.29, 0.717) is 0 Å². The summed E-state index contributed by atoms with van der Waals surface area (Å²) < 4.78 is 376. The third kappa shape index (κ3) is 6.77. The zero-order valence-corrected chi connectivity index (χ0v) is 23.4. The van der Waals surface area contributed by atoms with Gasteiger partial charge in [-0.15, -0.1) is 0 Å². The summed E-state index contributed by atoms with van der Waals surface area (Å²) in [6.45, 7) is -2.77. The molecule has 0 rings (SSSR count). The van der Waals surface area contributed by atoms with Crippen molar-refractivity contribution in [2.75, 3.05) is 13.2 Å². The zero-order chi connectivity index (χ0) is 41.2. The van der Waals surface area contributed by atoms with Crippen molar-refractivity contribution >= 4 is 15.8 Å². The molecule has 0 bridgehead atoms. The molecule has 0 heterocycles. The Morgan fingerprint density at radius 2 is 0.820 bits per heavy atom. The minimum absolute atomic E-state index is 0.130. The number of hydrogen-bond donors (Lipinski definition) is 1. The van der Waals surface area contributed by atoms with Gasteiger partial charge in [0.2, 0.25) is 9.84 Å². The van der Waals surface area contributed by atoms with Crippen LogP contribution in [0.25, 0.3) is 0 Å². The summed E-state index contributed by atoms with van der Waals surface area (Å²) in [6.07, 6.45) is -20.8. The second kappa shape index (κ2) is 12.9. The van der Waals surface area contributed by atoms with Crippen LogP contribution in [0.3, 0.4) is 0 Å². The number of alkyl halides is 26. The lowest BCUT2D eigenvalue weighted by Crippen LogP contribution is -2.72. The smallest absolute Gasteiger partial charge is 0.460 e. The molecule has 32 heteroatoms. The van der Waals surface area contributed by atoms with E-state index in [1.165, 1.54) is 0 Å². The maximum Gasteiger partial charge on any atom is 0.460 e. The van der Waals surface area contributed by atoms with Crippen LogP contribution in [0, 0.1) is 0 Å². The molecule has 0 saturated carbocycles. The van der Waals surface area contributed by atoms with E-state index in [4.69, 9.17) is 0 Å². The van der Waals surface area contributed by atoms with Gasteiger partial charge < -0.3 is 4.74 Å². The SMILES string of the molecule is CCOC(=O)CNC(CC(F)(F)C(F)(F)C(F)(F)C(F)(F)C(F)(F)C(F)(F)F)S(=O)(=O)C(F)(F)C(F)(F)C(F)(F)C(F)(F)C(F)(F)C(F)(F)F. The maximum atomic E-state index is 14.4. The molecule has 5 nitrogen and oxygen atoms in total. The molecule has 0 amide bonds. The van der Waals surface area contributed by atoms with Crippen LogP contribution in [0.5, 0.6) is 0 Å². The number of rotatable bonds is 16. The Labute approximate surface area is 257 Å². The highest BCUT2D eigenvalue weighted by molar-refractivity contribution is 7.93. The molecule has 0 aromatic heterocycles. The molecule has 1 N–H and O–H groups in total. The summed E-state index contributed by atoms with van der Waals surface area (Å²) in [4.78, 5) is 11.3. The Bertz CT molecular complexity index is 1330. The fourth-order valence-corrected chi connectivity index (χ4v) is 4.55. The molecular weight excluding hydrogens is 820 g/mol. The topological polar surface area (TPSA) is 72.5 Å². The van der Waals surface area contributed by atoms with E-state index < -0.39 is 112 Å². The van der Waals surface area contributed by atoms with E-state index >= 15 is 0 Å². The normalized spacial score (nSPS) is 16.8. The summed E-state index contributed by atoms with van der Waals surface area (Å²) >= 11 is 0. The van der Waals surface area contributed by atoms with Gasteiger partial charge in [0.25, 0.3) is 0 Å². The molecule has 0 fully saturated rings. The van der Waals surface area contributed by atoms with Gasteiger partial charge in [-0.2, -0.15) is 114 Å². The highest BCUT2D eigenvalue weighted by Gasteiger charge is 2.94. The van der Waals surface area contributed by atoms with Crippen LogP contribution in [-0.2, 0) is 19.4 Å². The van der Waals surface area contributed by atoms with Gasteiger partial charge in [0.05, 0.1) is 13.2 Å². The van der Waals surface area contributed by atoms with Gasteiger partial charge >= 0.3 is 76.9 Å². The molecule has 1 atom stereocenters. The minimum Gasteiger partial charge on any atom is -0.465 e. The van der Waals surface area contributed by atoms with Crippen LogP contribution in [0.2, 0.25) is 0 Å². The van der Waals surface area contributed by atoms with Gasteiger partial charge in [-0.05, 0) is 6.92 Å². The van der Waals surface area contributed by atoms with Crippen molar-refractivity contribution in [3.8, 4) is 0 Å². The average molecular weight is 831 g/mol. The van der Waals surface area contributed by atoms with Crippen LogP contribution in [-0.4, -0.2) is 104 Å². The Hall–Kier alpha value is -2.44. The van der Waals surface area contributed by atoms with Crippen LogP contribution < -0.4 is 5.32 Å². The number of carbonyl (C=O) groups is 1. The predicted molar refractivity (Wildman–Crippen MR) is 104 cm³/mol. The van der Waals surface area contributed by atoms with Crippen LogP contribution in [0.4, 0.5) is 114 Å². The van der Waals surface area contributed by atoms with E-state index in [9.17, 15) is 127 Å². The van der Waals surface area contributed by atoms with E-state index in [2.05, 4.69) is 4.74 Å². The first-order chi connectivity index (χ1) is 21.3. The Morgan fingerprint density at radius 1 is 0.520 bits per heavy atom. The monoisotopic (exact) mass is 831 g/mol. The fourth-order valence-electron chi connectivity index (χ4n) is 2.98. The van der Waals surface area contributed by atoms with Gasteiger partial charge in [0.15, 0.2) is 0 Å². The Morgan fingerprint density at radius 3 is 1.12 bits per heavy atom. The van der Waals surface area contributed by atoms with Crippen molar-refractivity contribution in [3.05, 3.63) is 0 Å². The lowest BCUT2D eigenvalue weighted by atomic mass is 9.92. The van der Waals surface area contributed by atoms with Crippen LogP contribution in [0.1, 0.15) is 13.3 Å². The minimum atomic E-state index is -9.06. The number of sulfone groups is 1. The van der Waals surface area contributed by atoms with Gasteiger partial charge in [0.1, 0.15) is 5.37 Å². The third-order valence-electron chi connectivity index (χ3n) is 5.86. The molecule has 300 valence electrons. The van der Waals surface area contributed by atoms with Gasteiger partial charge in [-0.3, -0.25) is 10.1 Å². The number of esters is 1. The van der Waals surface area contributed by atoms with Crippen molar-refractivity contribution in [2.45, 2.75) is 89.6 Å². The standard InChI is InChI=1S/C18H11F26NO4S/c1-2-49-6(46)4-45-5(3-7(19,20)8(21,22)9(23,24)10(25,26)13(31,32)16(37,38)39)50(47,48)18(43,44)15(35,36)12(29,30)11(27,28)14(33,34)17(40,41)42/h5,45H,2-4H2,1H3. The number of nitrogens with one attached hydrogen (secondary N) is 1. The molecule has 0 radical (unpaired) electrons. The van der Waals surface area contributed by atoms with Crippen LogP contribution in [0.15, 0.2) is 0 Å². The van der Waals surface area contributed by atoms with Crippen molar-refractivity contribution in [2.24, 2.45) is 0 Å². The zero-order valence-electron chi connectivity index (χ0n) is 22.6. The summed E-state index contributed by atoms with van der Waals surface area (Å²) in [5.74, 6) is -80.5. The van der Waals surface area contributed by atoms with Crippen molar-refractivity contribution in [1.29, 1.82) is 0 Å². The van der Waals surface area contributed by atoms with Crippen molar-refractivity contribution < 1.29 is 132 Å².